The number of ether oxygens (including phenoxy) is 1. The van der Waals surface area contributed by atoms with E-state index >= 15 is 0 Å². The highest BCUT2D eigenvalue weighted by Gasteiger charge is 2.26. The summed E-state index contributed by atoms with van der Waals surface area (Å²) in [5, 5.41) is 21.2. The molecule has 0 radical (unpaired) electrons. The SMILES string of the molecule is [O-][NH+]1C=CC=CN1c1c2c(cc3nonc13)C=CCO2. The van der Waals surface area contributed by atoms with Crippen LogP contribution in [0.1, 0.15) is 5.56 Å². The minimum atomic E-state index is -0.164. The molecule has 0 amide bonds. The molecule has 1 unspecified atom stereocenters. The summed E-state index contributed by atoms with van der Waals surface area (Å²) in [7, 11) is 0. The number of fused-ring (bicyclic) bond motifs is 2. The Morgan fingerprint density at radius 3 is 3.15 bits per heavy atom. The highest BCUT2D eigenvalue weighted by molar-refractivity contribution is 5.95. The van der Waals surface area contributed by atoms with E-state index in [1.807, 2.05) is 18.2 Å². The van der Waals surface area contributed by atoms with E-state index in [2.05, 4.69) is 10.3 Å². The molecule has 7 heteroatoms. The molecule has 0 saturated heterocycles. The molecule has 3 heterocycles. The first-order valence-electron chi connectivity index (χ1n) is 6.11. The lowest BCUT2D eigenvalue weighted by Gasteiger charge is -2.32. The molecule has 100 valence electrons. The molecule has 1 aromatic carbocycles. The fourth-order valence-corrected chi connectivity index (χ4v) is 2.33. The van der Waals surface area contributed by atoms with Crippen LogP contribution in [0.15, 0.2) is 41.3 Å². The summed E-state index contributed by atoms with van der Waals surface area (Å²) in [5.74, 6) is 0.615. The molecule has 2 aromatic rings. The number of hydroxylamine groups is 1. The van der Waals surface area contributed by atoms with Gasteiger partial charge in [-0.15, -0.1) is 0 Å². The topological polar surface area (TPSA) is 78.9 Å². The summed E-state index contributed by atoms with van der Waals surface area (Å²) < 4.78 is 10.5. The third kappa shape index (κ3) is 1.54. The molecular weight excluding hydrogens is 260 g/mol. The van der Waals surface area contributed by atoms with E-state index < -0.39 is 0 Å². The van der Waals surface area contributed by atoms with Crippen molar-refractivity contribution in [1.29, 1.82) is 0 Å². The Balaban J connectivity index is 2.01. The number of hydrogen-bond acceptors (Lipinski definition) is 6. The normalized spacial score (nSPS) is 20.2. The first kappa shape index (κ1) is 11.2. The standard InChI is InChI=1S/C13H10N4O3/c18-17-6-2-1-5-16(17)12-11-10(14-20-15-11)8-9-4-3-7-19-13(9)12/h1-6,8,17H,7H2. The maximum Gasteiger partial charge on any atom is 0.168 e. The highest BCUT2D eigenvalue weighted by Crippen LogP contribution is 2.39. The minimum Gasteiger partial charge on any atom is -0.603 e. The van der Waals surface area contributed by atoms with Crippen molar-refractivity contribution in [3.8, 4) is 5.75 Å². The number of hydrogen-bond donors (Lipinski definition) is 1. The summed E-state index contributed by atoms with van der Waals surface area (Å²) in [5.41, 5.74) is 2.51. The van der Waals surface area contributed by atoms with Crippen LogP contribution in [0, 0.1) is 5.21 Å². The molecule has 0 saturated carbocycles. The zero-order valence-electron chi connectivity index (χ0n) is 10.3. The Kier molecular flexibility index (Phi) is 2.35. The molecule has 4 rings (SSSR count). The smallest absolute Gasteiger partial charge is 0.168 e. The summed E-state index contributed by atoms with van der Waals surface area (Å²) >= 11 is 0. The highest BCUT2D eigenvalue weighted by atomic mass is 16.6. The van der Waals surface area contributed by atoms with Gasteiger partial charge in [-0.3, -0.25) is 0 Å². The number of nitrogens with zero attached hydrogens (tertiary/aromatic N) is 3. The van der Waals surface area contributed by atoms with Crippen LogP contribution in [-0.4, -0.2) is 16.9 Å². The maximum absolute atomic E-state index is 12.1. The lowest BCUT2D eigenvalue weighted by atomic mass is 10.1. The molecule has 0 fully saturated rings. The zero-order chi connectivity index (χ0) is 13.5. The molecule has 20 heavy (non-hydrogen) atoms. The quantitative estimate of drug-likeness (QED) is 0.771. The molecule has 1 atom stereocenters. The van der Waals surface area contributed by atoms with E-state index in [0.29, 0.717) is 29.1 Å². The zero-order valence-corrected chi connectivity index (χ0v) is 10.3. The van der Waals surface area contributed by atoms with Crippen LogP contribution in [-0.2, 0) is 0 Å². The van der Waals surface area contributed by atoms with Gasteiger partial charge in [0.1, 0.15) is 18.3 Å². The average molecular weight is 270 g/mol. The Morgan fingerprint density at radius 1 is 1.30 bits per heavy atom. The maximum atomic E-state index is 12.1. The minimum absolute atomic E-state index is 0.164. The van der Waals surface area contributed by atoms with Crippen LogP contribution in [0.25, 0.3) is 17.1 Å². The molecule has 0 aliphatic carbocycles. The fourth-order valence-electron chi connectivity index (χ4n) is 2.33. The van der Waals surface area contributed by atoms with Gasteiger partial charge in [0.25, 0.3) is 0 Å². The Labute approximate surface area is 113 Å². The number of benzene rings is 1. The monoisotopic (exact) mass is 270 g/mol. The number of anilines is 1. The van der Waals surface area contributed by atoms with Crippen LogP contribution >= 0.6 is 0 Å². The van der Waals surface area contributed by atoms with Crippen LogP contribution in [0.5, 0.6) is 5.75 Å². The van der Waals surface area contributed by atoms with E-state index in [1.165, 1.54) is 11.2 Å². The summed E-state index contributed by atoms with van der Waals surface area (Å²) in [6.07, 6.45) is 10.5. The lowest BCUT2D eigenvalue weighted by Crippen LogP contribution is -3.10. The third-order valence-electron chi connectivity index (χ3n) is 3.19. The van der Waals surface area contributed by atoms with Gasteiger partial charge in [0, 0.05) is 5.56 Å². The van der Waals surface area contributed by atoms with Gasteiger partial charge in [0.05, 0.1) is 6.20 Å². The van der Waals surface area contributed by atoms with Gasteiger partial charge in [-0.25, -0.2) is 9.80 Å². The van der Waals surface area contributed by atoms with Crippen molar-refractivity contribution < 1.29 is 14.5 Å². The van der Waals surface area contributed by atoms with Crippen molar-refractivity contribution in [1.82, 2.24) is 10.3 Å². The Bertz CT molecular complexity index is 762. The van der Waals surface area contributed by atoms with Crippen molar-refractivity contribution in [2.45, 2.75) is 0 Å². The van der Waals surface area contributed by atoms with E-state index in [4.69, 9.17) is 9.37 Å². The largest absolute Gasteiger partial charge is 0.603 e. The number of nitrogens with one attached hydrogen (secondary N) is 1. The van der Waals surface area contributed by atoms with Gasteiger partial charge in [-0.1, -0.05) is 6.08 Å². The molecule has 2 aliphatic rings. The first-order valence-corrected chi connectivity index (χ1v) is 6.11. The van der Waals surface area contributed by atoms with Gasteiger partial charge in [0.2, 0.25) is 0 Å². The van der Waals surface area contributed by atoms with Gasteiger partial charge in [-0.05, 0) is 34.6 Å². The Hall–Kier alpha value is -2.64. The van der Waals surface area contributed by atoms with Gasteiger partial charge in [-0.2, -0.15) is 5.01 Å². The van der Waals surface area contributed by atoms with E-state index in [9.17, 15) is 5.21 Å². The molecule has 1 aromatic heterocycles. The molecule has 7 nitrogen and oxygen atoms in total. The number of quaternary nitrogens is 1. The predicted molar refractivity (Wildman–Crippen MR) is 71.4 cm³/mol. The fraction of sp³-hybridized carbons (Fsp3) is 0.0769. The van der Waals surface area contributed by atoms with E-state index in [1.54, 1.807) is 18.4 Å². The van der Waals surface area contributed by atoms with Gasteiger partial charge in [0.15, 0.2) is 17.0 Å². The second kappa shape index (κ2) is 4.19. The van der Waals surface area contributed by atoms with Crippen molar-refractivity contribution in [3.05, 3.63) is 47.5 Å². The van der Waals surface area contributed by atoms with Crippen LogP contribution in [0.2, 0.25) is 0 Å². The lowest BCUT2D eigenvalue weighted by molar-refractivity contribution is -0.796. The average Bonchev–Trinajstić information content (AvgIpc) is 2.93. The van der Waals surface area contributed by atoms with Crippen LogP contribution in [0.4, 0.5) is 5.69 Å². The van der Waals surface area contributed by atoms with Crippen LogP contribution in [0.3, 0.4) is 0 Å². The Morgan fingerprint density at radius 2 is 2.25 bits per heavy atom. The van der Waals surface area contributed by atoms with Crippen molar-refractivity contribution in [3.63, 3.8) is 0 Å². The number of rotatable bonds is 1. The number of allylic oxidation sites excluding steroid dienone is 2. The van der Waals surface area contributed by atoms with E-state index in [0.717, 1.165) is 5.56 Å². The van der Waals surface area contributed by atoms with Gasteiger partial charge < -0.3 is 9.94 Å². The molecule has 2 aliphatic heterocycles. The molecule has 0 bridgehead atoms. The second-order valence-corrected chi connectivity index (χ2v) is 4.40. The van der Waals surface area contributed by atoms with Crippen molar-refractivity contribution in [2.24, 2.45) is 0 Å². The second-order valence-electron chi connectivity index (χ2n) is 4.40. The van der Waals surface area contributed by atoms with Gasteiger partial charge >= 0.3 is 0 Å². The summed E-state index contributed by atoms with van der Waals surface area (Å²) in [6, 6.07) is 1.83. The van der Waals surface area contributed by atoms with E-state index in [-0.39, 0.29) is 5.17 Å². The van der Waals surface area contributed by atoms with Crippen molar-refractivity contribution in [2.75, 3.05) is 11.6 Å². The third-order valence-corrected chi connectivity index (χ3v) is 3.19. The predicted octanol–water partition coefficient (Wildman–Crippen LogP) is 0.774. The molecular formula is C13H10N4O3. The number of aromatic nitrogens is 2. The molecule has 1 N–H and O–H groups in total. The molecule has 0 spiro atoms. The van der Waals surface area contributed by atoms with Crippen LogP contribution < -0.4 is 14.9 Å². The van der Waals surface area contributed by atoms with Crippen molar-refractivity contribution >= 4 is 22.8 Å². The first-order chi connectivity index (χ1) is 9.84. The summed E-state index contributed by atoms with van der Waals surface area (Å²) in [6.45, 7) is 0.457. The summed E-state index contributed by atoms with van der Waals surface area (Å²) in [4.78, 5) is 0.